The molecule has 1 aliphatic heterocycles. The molecule has 1 saturated heterocycles. The van der Waals surface area contributed by atoms with E-state index in [-0.39, 0.29) is 5.41 Å². The predicted molar refractivity (Wildman–Crippen MR) is 131 cm³/mol. The Bertz CT molecular complexity index is 803. The lowest BCUT2D eigenvalue weighted by atomic mass is 9.71. The molecule has 3 nitrogen and oxygen atoms in total. The first-order chi connectivity index (χ1) is 14.5. The molecule has 1 fully saturated rings. The van der Waals surface area contributed by atoms with Crippen LogP contribution in [-0.4, -0.2) is 27.9 Å². The molecule has 0 spiro atoms. The third-order valence-electron chi connectivity index (χ3n) is 7.02. The van der Waals surface area contributed by atoms with E-state index in [9.17, 15) is 8.42 Å². The van der Waals surface area contributed by atoms with E-state index in [2.05, 4.69) is 40.7 Å². The van der Waals surface area contributed by atoms with Gasteiger partial charge >= 0.3 is 0 Å². The van der Waals surface area contributed by atoms with Gasteiger partial charge in [0.05, 0.1) is 4.90 Å². The van der Waals surface area contributed by atoms with Crippen molar-refractivity contribution in [2.45, 2.75) is 96.3 Å². The summed E-state index contributed by atoms with van der Waals surface area (Å²) < 4.78 is 29.2. The van der Waals surface area contributed by atoms with Crippen LogP contribution in [0.15, 0.2) is 40.8 Å². The van der Waals surface area contributed by atoms with Gasteiger partial charge in [0.2, 0.25) is 0 Å². The molecule has 176 valence electrons. The summed E-state index contributed by atoms with van der Waals surface area (Å²) in [7, 11) is -3.16. The maximum absolute atomic E-state index is 11.8. The highest BCUT2D eigenvalue weighted by Crippen LogP contribution is 2.41. The predicted octanol–water partition coefficient (Wildman–Crippen LogP) is 7.11. The topological polar surface area (TPSA) is 43.4 Å². The molecular formula is C27H44O3S. The van der Waals surface area contributed by atoms with Crippen LogP contribution in [0.3, 0.4) is 0 Å². The van der Waals surface area contributed by atoms with Crippen molar-refractivity contribution in [2.24, 2.45) is 11.3 Å². The molecule has 1 heterocycles. The van der Waals surface area contributed by atoms with Gasteiger partial charge in [0.25, 0.3) is 0 Å². The normalized spacial score (nSPS) is 17.9. The van der Waals surface area contributed by atoms with E-state index >= 15 is 0 Å². The van der Waals surface area contributed by atoms with Crippen LogP contribution >= 0.6 is 0 Å². The first-order valence-corrected chi connectivity index (χ1v) is 13.9. The third-order valence-corrected chi connectivity index (χ3v) is 8.15. The molecule has 0 aliphatic carbocycles. The van der Waals surface area contributed by atoms with Gasteiger partial charge in [-0.3, -0.25) is 0 Å². The van der Waals surface area contributed by atoms with E-state index in [4.69, 9.17) is 4.74 Å². The Morgan fingerprint density at radius 1 is 1.13 bits per heavy atom. The lowest BCUT2D eigenvalue weighted by Crippen LogP contribution is -2.29. The van der Waals surface area contributed by atoms with E-state index in [0.717, 1.165) is 19.6 Å². The van der Waals surface area contributed by atoms with Gasteiger partial charge < -0.3 is 4.74 Å². The van der Waals surface area contributed by atoms with Gasteiger partial charge in [-0.05, 0) is 86.8 Å². The van der Waals surface area contributed by atoms with Gasteiger partial charge in [0, 0.05) is 19.5 Å². The smallest absolute Gasteiger partial charge is 0.175 e. The van der Waals surface area contributed by atoms with Crippen molar-refractivity contribution in [1.29, 1.82) is 0 Å². The standard InChI is InChI=1S/C27H44O3S/c1-7-14-27(16-18-30-19-17-27)15-8-9-23(20-22(2)3)21-26(4,5)24-10-12-25(13-11-24)31(6,28)29/h10-13,20,23H,7-9,14-19,21H2,1-6H3. The second-order valence-corrected chi connectivity index (χ2v) is 12.7. The SMILES string of the molecule is CCCC1(CCCC(C=C(C)C)CC(C)(C)c2ccc(S(C)(=O)=O)cc2)CCOCC1. The Labute approximate surface area is 191 Å². The zero-order valence-corrected chi connectivity index (χ0v) is 21.5. The van der Waals surface area contributed by atoms with Crippen LogP contribution in [-0.2, 0) is 20.0 Å². The Hall–Kier alpha value is -1.13. The van der Waals surface area contributed by atoms with Gasteiger partial charge in [-0.2, -0.15) is 0 Å². The van der Waals surface area contributed by atoms with Gasteiger partial charge in [-0.25, -0.2) is 8.42 Å². The number of benzene rings is 1. The molecule has 0 radical (unpaired) electrons. The lowest BCUT2D eigenvalue weighted by molar-refractivity contribution is 0.00349. The minimum Gasteiger partial charge on any atom is -0.381 e. The Morgan fingerprint density at radius 3 is 2.26 bits per heavy atom. The monoisotopic (exact) mass is 448 g/mol. The molecule has 1 unspecified atom stereocenters. The molecule has 4 heteroatoms. The van der Waals surface area contributed by atoms with Crippen molar-refractivity contribution < 1.29 is 13.2 Å². The number of ether oxygens (including phenoxy) is 1. The summed E-state index contributed by atoms with van der Waals surface area (Å²) in [6, 6.07) is 7.49. The molecule has 1 aromatic rings. The van der Waals surface area contributed by atoms with Crippen LogP contribution in [0.4, 0.5) is 0 Å². The fourth-order valence-corrected chi connectivity index (χ4v) is 5.97. The number of sulfone groups is 1. The maximum atomic E-state index is 11.8. The molecular weight excluding hydrogens is 404 g/mol. The van der Waals surface area contributed by atoms with Crippen LogP contribution in [0, 0.1) is 11.3 Å². The van der Waals surface area contributed by atoms with Crippen LogP contribution < -0.4 is 0 Å². The highest BCUT2D eigenvalue weighted by atomic mass is 32.2. The molecule has 1 atom stereocenters. The zero-order valence-electron chi connectivity index (χ0n) is 20.7. The van der Waals surface area contributed by atoms with E-state index in [1.807, 2.05) is 12.1 Å². The first kappa shape index (κ1) is 26.1. The largest absolute Gasteiger partial charge is 0.381 e. The highest BCUT2D eigenvalue weighted by molar-refractivity contribution is 7.90. The second-order valence-electron chi connectivity index (χ2n) is 10.6. The van der Waals surface area contributed by atoms with E-state index in [0.29, 0.717) is 16.2 Å². The van der Waals surface area contributed by atoms with Crippen LogP contribution in [0.5, 0.6) is 0 Å². The maximum Gasteiger partial charge on any atom is 0.175 e. The van der Waals surface area contributed by atoms with Crippen LogP contribution in [0.25, 0.3) is 0 Å². The van der Waals surface area contributed by atoms with Crippen molar-refractivity contribution in [3.63, 3.8) is 0 Å². The fraction of sp³-hybridized carbons (Fsp3) is 0.704. The van der Waals surface area contributed by atoms with Crippen molar-refractivity contribution in [3.05, 3.63) is 41.5 Å². The molecule has 31 heavy (non-hydrogen) atoms. The Kier molecular flexibility index (Phi) is 9.39. The van der Waals surface area contributed by atoms with Crippen molar-refractivity contribution >= 4 is 9.84 Å². The highest BCUT2D eigenvalue weighted by Gasteiger charge is 2.32. The van der Waals surface area contributed by atoms with E-state index in [1.54, 1.807) is 12.1 Å². The molecule has 2 rings (SSSR count). The van der Waals surface area contributed by atoms with Crippen molar-refractivity contribution in [2.75, 3.05) is 19.5 Å². The molecule has 0 aromatic heterocycles. The van der Waals surface area contributed by atoms with E-state index in [1.165, 1.54) is 62.3 Å². The summed E-state index contributed by atoms with van der Waals surface area (Å²) in [4.78, 5) is 0.394. The van der Waals surface area contributed by atoms with Gasteiger partial charge in [-0.1, -0.05) is 57.4 Å². The quantitative estimate of drug-likeness (QED) is 0.339. The fourth-order valence-electron chi connectivity index (χ4n) is 5.34. The summed E-state index contributed by atoms with van der Waals surface area (Å²) in [5.41, 5.74) is 3.06. The number of rotatable bonds is 11. The molecule has 0 saturated carbocycles. The summed E-state index contributed by atoms with van der Waals surface area (Å²) >= 11 is 0. The summed E-state index contributed by atoms with van der Waals surface area (Å²) in [5.74, 6) is 0.535. The minimum atomic E-state index is -3.16. The third kappa shape index (κ3) is 8.05. The van der Waals surface area contributed by atoms with Crippen molar-refractivity contribution in [3.8, 4) is 0 Å². The average molecular weight is 449 g/mol. The first-order valence-electron chi connectivity index (χ1n) is 12.0. The Balaban J connectivity index is 2.07. The number of allylic oxidation sites excluding steroid dienone is 2. The molecule has 0 amide bonds. The van der Waals surface area contributed by atoms with Crippen LogP contribution in [0.2, 0.25) is 0 Å². The summed E-state index contributed by atoms with van der Waals surface area (Å²) in [5, 5.41) is 0. The van der Waals surface area contributed by atoms with Gasteiger partial charge in [0.15, 0.2) is 9.84 Å². The summed E-state index contributed by atoms with van der Waals surface area (Å²) in [6.45, 7) is 13.1. The second kappa shape index (κ2) is 11.1. The van der Waals surface area contributed by atoms with E-state index < -0.39 is 9.84 Å². The van der Waals surface area contributed by atoms with Crippen LogP contribution in [0.1, 0.15) is 91.5 Å². The molecule has 1 aliphatic rings. The molecule has 0 N–H and O–H groups in total. The van der Waals surface area contributed by atoms with Crippen molar-refractivity contribution in [1.82, 2.24) is 0 Å². The Morgan fingerprint density at radius 2 is 1.74 bits per heavy atom. The zero-order chi connectivity index (χ0) is 23.1. The minimum absolute atomic E-state index is 0.00751. The molecule has 1 aromatic carbocycles. The van der Waals surface area contributed by atoms with Gasteiger partial charge in [-0.15, -0.1) is 0 Å². The lowest BCUT2D eigenvalue weighted by Gasteiger charge is -2.38. The molecule has 0 bridgehead atoms. The number of hydrogen-bond acceptors (Lipinski definition) is 3. The van der Waals surface area contributed by atoms with Gasteiger partial charge in [0.1, 0.15) is 0 Å². The number of hydrogen-bond donors (Lipinski definition) is 0. The average Bonchev–Trinajstić information content (AvgIpc) is 2.67. The summed E-state index contributed by atoms with van der Waals surface area (Å²) in [6.07, 6.45) is 13.6.